The first-order chi connectivity index (χ1) is 33.5. The Morgan fingerprint density at radius 1 is 0.871 bits per heavy atom. The van der Waals surface area contributed by atoms with Crippen LogP contribution in [0, 0.1) is 25.2 Å². The molecule has 3 aliphatic rings. The van der Waals surface area contributed by atoms with E-state index in [-0.39, 0.29) is 48.8 Å². The highest BCUT2D eigenvalue weighted by Gasteiger charge is 2.57. The molecule has 0 bridgehead atoms. The summed E-state index contributed by atoms with van der Waals surface area (Å²) in [6, 6.07) is 8.74. The molecule has 1 aliphatic heterocycles. The van der Waals surface area contributed by atoms with Crippen molar-refractivity contribution in [2.45, 2.75) is 152 Å². The first kappa shape index (κ1) is 51.0. The van der Waals surface area contributed by atoms with Gasteiger partial charge in [0.2, 0.25) is 11.8 Å². The Morgan fingerprint density at radius 3 is 2.24 bits per heavy atom. The number of aromatic hydroxyl groups is 1. The van der Waals surface area contributed by atoms with Crippen molar-refractivity contribution in [1.29, 1.82) is 5.26 Å². The molecule has 2 aromatic heterocycles. The monoisotopic (exact) mass is 969 g/mol. The third kappa shape index (κ3) is 12.5. The zero-order valence-electron chi connectivity index (χ0n) is 38.9. The summed E-state index contributed by atoms with van der Waals surface area (Å²) in [4.78, 5) is 66.2. The standard InChI is InChI=1S/C47H59N11O12/c1-26-15-31(16-27(2)41(26)63)45(66)50-21-36(60)42(64)43-40(52-39(62)25-58-23-34(54-56-58)29-10-4-3-5-11-29)35(59)18-47(70-43,46(67)68)69-37-14-7-6-13-33(37)51-38(61)24-57-22-32(53-55-57)20-49-44(65)30-12-8-9-28(17-30)19-48/h8-9,12,15-17,22-23,29,33,35-37,40,42-43,59-60,63-64H,3-7,10-11,13-14,18,20-21,24-25H2,1-2H3,(H,49,65)(H,50,66)(H,51,61)(H,52,62)(H,67,68)/t33?,35-,36+,37?,40+,42+,43+,47+/m0/s1. The molecule has 23 heteroatoms. The van der Waals surface area contributed by atoms with E-state index in [4.69, 9.17) is 14.7 Å². The summed E-state index contributed by atoms with van der Waals surface area (Å²) in [5, 5.41) is 92.1. The lowest BCUT2D eigenvalue weighted by molar-refractivity contribution is -0.325. The van der Waals surface area contributed by atoms with Crippen molar-refractivity contribution in [2.24, 2.45) is 0 Å². The first-order valence-electron chi connectivity index (χ1n) is 23.4. The zero-order chi connectivity index (χ0) is 50.1. The van der Waals surface area contributed by atoms with Gasteiger partial charge in [0, 0.05) is 36.2 Å². The van der Waals surface area contributed by atoms with Crippen LogP contribution < -0.4 is 21.3 Å². The third-order valence-corrected chi connectivity index (χ3v) is 13.0. The van der Waals surface area contributed by atoms with Crippen LogP contribution in [0.4, 0.5) is 0 Å². The minimum Gasteiger partial charge on any atom is -0.507 e. The molecule has 374 valence electrons. The Labute approximate surface area is 402 Å². The third-order valence-electron chi connectivity index (χ3n) is 13.0. The number of phenolic OH excluding ortho intramolecular Hbond substituents is 1. The number of aliphatic hydroxyl groups is 3. The number of hydrogen-bond acceptors (Lipinski definition) is 16. The van der Waals surface area contributed by atoms with Crippen molar-refractivity contribution in [2.75, 3.05) is 6.54 Å². The summed E-state index contributed by atoms with van der Waals surface area (Å²) in [6.07, 6.45) is 0.866. The van der Waals surface area contributed by atoms with Crippen LogP contribution in [0.2, 0.25) is 0 Å². The maximum absolute atomic E-state index is 13.6. The van der Waals surface area contributed by atoms with Crippen LogP contribution in [0.1, 0.15) is 119 Å². The van der Waals surface area contributed by atoms with Gasteiger partial charge in [0.05, 0.1) is 60.5 Å². The summed E-state index contributed by atoms with van der Waals surface area (Å²) in [5.41, 5.74) is 2.71. The molecule has 23 nitrogen and oxygen atoms in total. The number of rotatable bonds is 18. The van der Waals surface area contributed by atoms with E-state index in [1.807, 2.05) is 6.07 Å². The Kier molecular flexibility index (Phi) is 16.6. The number of ether oxygens (including phenoxy) is 2. The number of amides is 4. The smallest absolute Gasteiger partial charge is 0.364 e. The molecule has 2 unspecified atom stereocenters. The number of aliphatic carboxylic acids is 1. The average Bonchev–Trinajstić information content (AvgIpc) is 4.02. The van der Waals surface area contributed by atoms with E-state index in [0.29, 0.717) is 41.6 Å². The van der Waals surface area contributed by atoms with E-state index in [0.717, 1.165) is 37.8 Å². The number of carboxylic acid groups (broad SMARTS) is 1. The minimum atomic E-state index is -2.68. The number of carbonyl (C=O) groups is 5. The molecule has 0 radical (unpaired) electrons. The van der Waals surface area contributed by atoms with Gasteiger partial charge in [0.25, 0.3) is 17.6 Å². The quantitative estimate of drug-likeness (QED) is 0.0664. The minimum absolute atomic E-state index is 0.0102. The molecule has 4 amide bonds. The number of carbonyl (C=O) groups excluding carboxylic acids is 4. The second-order valence-electron chi connectivity index (χ2n) is 18.3. The zero-order valence-corrected chi connectivity index (χ0v) is 38.9. The molecule has 3 fully saturated rings. The number of carboxylic acids is 1. The van der Waals surface area contributed by atoms with Gasteiger partial charge in [-0.3, -0.25) is 19.2 Å². The molecular formula is C47H59N11O12. The van der Waals surface area contributed by atoms with Gasteiger partial charge in [-0.2, -0.15) is 5.26 Å². The van der Waals surface area contributed by atoms with Crippen molar-refractivity contribution in [1.82, 2.24) is 51.3 Å². The van der Waals surface area contributed by atoms with Crippen LogP contribution in [-0.4, -0.2) is 140 Å². The van der Waals surface area contributed by atoms with Gasteiger partial charge >= 0.3 is 5.97 Å². The molecule has 7 rings (SSSR count). The lowest BCUT2D eigenvalue weighted by atomic mass is 9.87. The van der Waals surface area contributed by atoms with E-state index in [9.17, 15) is 49.5 Å². The lowest BCUT2D eigenvalue weighted by Gasteiger charge is -2.48. The van der Waals surface area contributed by atoms with Crippen LogP contribution in [0.15, 0.2) is 48.8 Å². The number of aliphatic hydroxyl groups excluding tert-OH is 3. The molecule has 2 saturated carbocycles. The fraction of sp³-hybridized carbons (Fsp3) is 0.532. The summed E-state index contributed by atoms with van der Waals surface area (Å²) in [6.45, 7) is 1.95. The van der Waals surface area contributed by atoms with Gasteiger partial charge in [0.15, 0.2) is 0 Å². The second-order valence-corrected chi connectivity index (χ2v) is 18.3. The van der Waals surface area contributed by atoms with Gasteiger partial charge in [-0.05, 0) is 81.0 Å². The average molecular weight is 970 g/mol. The van der Waals surface area contributed by atoms with Crippen molar-refractivity contribution in [3.05, 3.63) is 88.0 Å². The van der Waals surface area contributed by atoms with E-state index >= 15 is 0 Å². The van der Waals surface area contributed by atoms with E-state index in [1.165, 1.54) is 33.8 Å². The van der Waals surface area contributed by atoms with Gasteiger partial charge in [-0.1, -0.05) is 48.6 Å². The second kappa shape index (κ2) is 22.7. The number of benzene rings is 2. The summed E-state index contributed by atoms with van der Waals surface area (Å²) >= 11 is 0. The largest absolute Gasteiger partial charge is 0.507 e. The van der Waals surface area contributed by atoms with E-state index < -0.39 is 91.0 Å². The predicted octanol–water partition coefficient (Wildman–Crippen LogP) is 0.753. The SMILES string of the molecule is Cc1cc(C(=O)NC[C@@H](O)[C@@H](O)[C@@H]2O[C@@](OC3CCCCC3NC(=O)Cn3cc(CNC(=O)c4cccc(C#N)c4)nn3)(C(=O)O)C[C@H](O)[C@H]2NC(=O)Cn2cc(C3CCCCC3)nn2)cc(C)c1O. The van der Waals surface area contributed by atoms with Crippen LogP contribution in [0.3, 0.4) is 0 Å². The molecule has 2 aromatic carbocycles. The molecular weight excluding hydrogens is 911 g/mol. The maximum atomic E-state index is 13.6. The molecule has 9 N–H and O–H groups in total. The number of nitriles is 1. The highest BCUT2D eigenvalue weighted by Crippen LogP contribution is 2.37. The van der Waals surface area contributed by atoms with E-state index in [2.05, 4.69) is 41.9 Å². The van der Waals surface area contributed by atoms with Gasteiger partial charge in [0.1, 0.15) is 36.7 Å². The van der Waals surface area contributed by atoms with Crippen molar-refractivity contribution in [3.63, 3.8) is 0 Å². The number of aromatic nitrogens is 6. The van der Waals surface area contributed by atoms with Gasteiger partial charge in [-0.25, -0.2) is 14.2 Å². The van der Waals surface area contributed by atoms with Crippen molar-refractivity contribution < 1.29 is 59.0 Å². The van der Waals surface area contributed by atoms with Crippen LogP contribution in [-0.2, 0) is 43.5 Å². The van der Waals surface area contributed by atoms with Gasteiger partial charge < -0.3 is 56.3 Å². The first-order valence-corrected chi connectivity index (χ1v) is 23.4. The normalized spacial score (nSPS) is 23.6. The molecule has 2 aliphatic carbocycles. The van der Waals surface area contributed by atoms with E-state index in [1.54, 1.807) is 38.2 Å². The molecule has 8 atom stereocenters. The Bertz CT molecular complexity index is 2550. The van der Waals surface area contributed by atoms with Crippen LogP contribution >= 0.6 is 0 Å². The maximum Gasteiger partial charge on any atom is 0.364 e. The van der Waals surface area contributed by atoms with Crippen molar-refractivity contribution in [3.8, 4) is 11.8 Å². The van der Waals surface area contributed by atoms with Gasteiger partial charge in [-0.15, -0.1) is 10.2 Å². The van der Waals surface area contributed by atoms with Crippen LogP contribution in [0.25, 0.3) is 0 Å². The summed E-state index contributed by atoms with van der Waals surface area (Å²) in [7, 11) is 0. The molecule has 70 heavy (non-hydrogen) atoms. The Morgan fingerprint density at radius 2 is 1.53 bits per heavy atom. The Hall–Kier alpha value is -6.84. The molecule has 3 heterocycles. The molecule has 1 saturated heterocycles. The number of phenols is 1. The number of nitrogens with one attached hydrogen (secondary N) is 4. The Balaban J connectivity index is 1.04. The summed E-state index contributed by atoms with van der Waals surface area (Å²) < 4.78 is 15.0. The topological polar surface area (TPSA) is 338 Å². The number of aryl methyl sites for hydroxylation is 2. The number of nitrogens with zero attached hydrogens (tertiary/aromatic N) is 7. The molecule has 4 aromatic rings. The fourth-order valence-electron chi connectivity index (χ4n) is 9.31. The highest BCUT2D eigenvalue weighted by atomic mass is 16.7. The lowest BCUT2D eigenvalue weighted by Crippen LogP contribution is -2.69. The summed E-state index contributed by atoms with van der Waals surface area (Å²) in [5.74, 6) is -6.47. The fourth-order valence-corrected chi connectivity index (χ4v) is 9.31. The number of hydrogen-bond donors (Lipinski definition) is 9. The predicted molar refractivity (Wildman–Crippen MR) is 243 cm³/mol. The van der Waals surface area contributed by atoms with Crippen LogP contribution in [0.5, 0.6) is 5.75 Å². The van der Waals surface area contributed by atoms with Crippen molar-refractivity contribution >= 4 is 29.6 Å². The highest BCUT2D eigenvalue weighted by molar-refractivity contribution is 5.95. The molecule has 0 spiro atoms.